The molecule has 0 saturated carbocycles. The molecule has 4 rings (SSSR count). The number of nitrogens with zero attached hydrogens (tertiary/aromatic N) is 2. The molecule has 1 fully saturated rings. The molecule has 0 aliphatic carbocycles. The van der Waals surface area contributed by atoms with Crippen molar-refractivity contribution in [2.24, 2.45) is 5.92 Å². The molecule has 0 unspecified atom stereocenters. The number of likely N-dealkylation sites (tertiary alicyclic amines) is 1. The third kappa shape index (κ3) is 9.60. The second-order valence-corrected chi connectivity index (χ2v) is 11.6. The SMILES string of the molecule is C=C.CCOC(C)OCC.O=C1CN(CCCN2CCC(C(=O)c3ccc(F)cc3F)CC2)S(=O)(=O)c2ccccc21. The molecule has 0 bridgehead atoms. The zero-order chi connectivity index (χ0) is 31.3. The van der Waals surface area contributed by atoms with Crippen LogP contribution >= 0.6 is 0 Å². The standard InChI is InChI=1S/C23H24F2N2O4S.C6H14O2.C2H4/c24-17-6-7-18(20(25)14-17)23(29)16-8-12-26(13-9-16)10-3-11-27-15-21(28)19-4-1-2-5-22(19)32(27,30)31;1-4-7-6(3)8-5-2;1-2/h1-2,4-7,14,16H,3,8-13,15H2;6H,4-5H2,1-3H3;1-2H2. The Labute approximate surface area is 248 Å². The Morgan fingerprint density at radius 2 is 1.64 bits per heavy atom. The molecule has 2 aliphatic heterocycles. The Hall–Kier alpha value is -2.83. The first-order chi connectivity index (χ1) is 20.1. The minimum Gasteiger partial charge on any atom is -0.353 e. The second-order valence-electron chi connectivity index (χ2n) is 9.69. The number of carbonyl (C=O) groups excluding carboxylic acids is 2. The van der Waals surface area contributed by atoms with E-state index in [4.69, 9.17) is 9.47 Å². The molecule has 2 aromatic carbocycles. The van der Waals surface area contributed by atoms with Crippen molar-refractivity contribution in [1.82, 2.24) is 9.21 Å². The fourth-order valence-electron chi connectivity index (χ4n) is 4.91. The molecule has 0 amide bonds. The van der Waals surface area contributed by atoms with Crippen molar-refractivity contribution < 1.29 is 36.3 Å². The molecule has 1 saturated heterocycles. The van der Waals surface area contributed by atoms with Crippen LogP contribution in [0.4, 0.5) is 8.78 Å². The van der Waals surface area contributed by atoms with Gasteiger partial charge in [0.15, 0.2) is 17.9 Å². The van der Waals surface area contributed by atoms with Crippen molar-refractivity contribution in [1.29, 1.82) is 0 Å². The molecular formula is C31H42F2N2O6S. The van der Waals surface area contributed by atoms with Gasteiger partial charge in [0.25, 0.3) is 0 Å². The van der Waals surface area contributed by atoms with Gasteiger partial charge in [-0.15, -0.1) is 13.2 Å². The Kier molecular flexibility index (Phi) is 14.6. The van der Waals surface area contributed by atoms with Gasteiger partial charge in [0.05, 0.1) is 17.0 Å². The second kappa shape index (κ2) is 17.3. The summed E-state index contributed by atoms with van der Waals surface area (Å²) in [5.41, 5.74) is 0.165. The van der Waals surface area contributed by atoms with Crippen molar-refractivity contribution in [3.05, 3.63) is 78.4 Å². The summed E-state index contributed by atoms with van der Waals surface area (Å²) in [6.45, 7) is 15.2. The van der Waals surface area contributed by atoms with Gasteiger partial charge in [-0.1, -0.05) is 12.1 Å². The molecular weight excluding hydrogens is 566 g/mol. The molecule has 0 N–H and O–H groups in total. The van der Waals surface area contributed by atoms with E-state index < -0.39 is 21.7 Å². The molecule has 42 heavy (non-hydrogen) atoms. The summed E-state index contributed by atoms with van der Waals surface area (Å²) >= 11 is 0. The van der Waals surface area contributed by atoms with Crippen molar-refractivity contribution in [3.8, 4) is 0 Å². The fourth-order valence-corrected chi connectivity index (χ4v) is 6.55. The predicted octanol–water partition coefficient (Wildman–Crippen LogP) is 5.34. The number of benzene rings is 2. The van der Waals surface area contributed by atoms with E-state index in [1.54, 1.807) is 12.1 Å². The van der Waals surface area contributed by atoms with Crippen molar-refractivity contribution in [2.75, 3.05) is 45.9 Å². The Morgan fingerprint density at radius 1 is 1.02 bits per heavy atom. The van der Waals surface area contributed by atoms with Crippen LogP contribution in [0.5, 0.6) is 0 Å². The van der Waals surface area contributed by atoms with Gasteiger partial charge >= 0.3 is 0 Å². The molecule has 2 aliphatic rings. The smallest absolute Gasteiger partial charge is 0.244 e. The average molecular weight is 609 g/mol. The topological polar surface area (TPSA) is 93.2 Å². The molecule has 2 heterocycles. The highest BCUT2D eigenvalue weighted by atomic mass is 32.2. The minimum absolute atomic E-state index is 0.0370. The lowest BCUT2D eigenvalue weighted by Gasteiger charge is -2.32. The summed E-state index contributed by atoms with van der Waals surface area (Å²) in [7, 11) is -3.69. The Balaban J connectivity index is 0.000000535. The lowest BCUT2D eigenvalue weighted by atomic mass is 9.88. The molecule has 0 spiro atoms. The number of hydrogen-bond donors (Lipinski definition) is 0. The van der Waals surface area contributed by atoms with Crippen molar-refractivity contribution in [2.45, 2.75) is 51.2 Å². The predicted molar refractivity (Wildman–Crippen MR) is 158 cm³/mol. The van der Waals surface area contributed by atoms with E-state index in [0.717, 1.165) is 25.3 Å². The number of ether oxygens (including phenoxy) is 2. The Bertz CT molecular complexity index is 1280. The van der Waals surface area contributed by atoms with Crippen molar-refractivity contribution in [3.63, 3.8) is 0 Å². The maximum Gasteiger partial charge on any atom is 0.244 e. The monoisotopic (exact) mass is 608 g/mol. The summed E-state index contributed by atoms with van der Waals surface area (Å²) in [5, 5.41) is 0. The largest absolute Gasteiger partial charge is 0.353 e. The summed E-state index contributed by atoms with van der Waals surface area (Å²) in [6.07, 6.45) is 1.64. The molecule has 0 radical (unpaired) electrons. The fraction of sp³-hybridized carbons (Fsp3) is 0.484. The van der Waals surface area contributed by atoms with E-state index in [-0.39, 0.29) is 52.9 Å². The van der Waals surface area contributed by atoms with E-state index >= 15 is 0 Å². The lowest BCUT2D eigenvalue weighted by molar-refractivity contribution is -0.123. The van der Waals surface area contributed by atoms with Gasteiger partial charge in [-0.2, -0.15) is 4.31 Å². The number of Topliss-reactive ketones (excluding diaryl/α,β-unsaturated/α-hetero) is 2. The van der Waals surface area contributed by atoms with Crippen molar-refractivity contribution >= 4 is 21.6 Å². The van der Waals surface area contributed by atoms with Crippen LogP contribution in [0, 0.1) is 17.6 Å². The van der Waals surface area contributed by atoms with Gasteiger partial charge in [-0.25, -0.2) is 17.2 Å². The van der Waals surface area contributed by atoms with E-state index in [2.05, 4.69) is 18.1 Å². The van der Waals surface area contributed by atoms with Gasteiger partial charge in [-0.05, 0) is 83.9 Å². The maximum atomic E-state index is 13.9. The summed E-state index contributed by atoms with van der Waals surface area (Å²) in [4.78, 5) is 27.1. The number of rotatable bonds is 10. The molecule has 11 heteroatoms. The van der Waals surface area contributed by atoms with E-state index in [0.29, 0.717) is 38.9 Å². The zero-order valence-electron chi connectivity index (χ0n) is 24.7. The molecule has 2 aromatic rings. The van der Waals surface area contributed by atoms with Gasteiger partial charge < -0.3 is 14.4 Å². The highest BCUT2D eigenvalue weighted by molar-refractivity contribution is 7.89. The first-order valence-electron chi connectivity index (χ1n) is 14.2. The van der Waals surface area contributed by atoms with Gasteiger partial charge in [-0.3, -0.25) is 9.59 Å². The third-order valence-electron chi connectivity index (χ3n) is 6.96. The van der Waals surface area contributed by atoms with Crippen LogP contribution in [0.25, 0.3) is 0 Å². The van der Waals surface area contributed by atoms with Gasteiger partial charge in [0, 0.05) is 37.3 Å². The normalized spacial score (nSPS) is 17.0. The average Bonchev–Trinajstić information content (AvgIpc) is 2.98. The quantitative estimate of drug-likeness (QED) is 0.204. The van der Waals surface area contributed by atoms with Crippen LogP contribution in [0.15, 0.2) is 60.5 Å². The number of piperidine rings is 1. The zero-order valence-corrected chi connectivity index (χ0v) is 25.5. The highest BCUT2D eigenvalue weighted by Crippen LogP contribution is 2.27. The number of carbonyl (C=O) groups is 2. The van der Waals surface area contributed by atoms with Crippen LogP contribution in [0.1, 0.15) is 60.7 Å². The third-order valence-corrected chi connectivity index (χ3v) is 8.87. The lowest BCUT2D eigenvalue weighted by Crippen LogP contribution is -2.43. The molecule has 0 atom stereocenters. The van der Waals surface area contributed by atoms with Gasteiger partial charge in [0.2, 0.25) is 10.0 Å². The minimum atomic E-state index is -3.69. The van der Waals surface area contributed by atoms with Crippen LogP contribution in [-0.2, 0) is 19.5 Å². The highest BCUT2D eigenvalue weighted by Gasteiger charge is 2.35. The molecule has 8 nitrogen and oxygen atoms in total. The first-order valence-corrected chi connectivity index (χ1v) is 15.6. The maximum absolute atomic E-state index is 13.9. The number of halogens is 2. The van der Waals surface area contributed by atoms with Crippen LogP contribution in [0.2, 0.25) is 0 Å². The summed E-state index contributed by atoms with van der Waals surface area (Å²) in [6, 6.07) is 9.26. The number of ketones is 2. The number of sulfonamides is 1. The molecule has 0 aromatic heterocycles. The van der Waals surface area contributed by atoms with Crippen LogP contribution in [-0.4, -0.2) is 81.4 Å². The van der Waals surface area contributed by atoms with E-state index in [9.17, 15) is 26.8 Å². The van der Waals surface area contributed by atoms with E-state index in [1.807, 2.05) is 20.8 Å². The van der Waals surface area contributed by atoms with Crippen LogP contribution in [0.3, 0.4) is 0 Å². The summed E-state index contributed by atoms with van der Waals surface area (Å²) in [5.74, 6) is -2.38. The molecule has 232 valence electrons. The number of fused-ring (bicyclic) bond motifs is 1. The van der Waals surface area contributed by atoms with Crippen LogP contribution < -0.4 is 0 Å². The summed E-state index contributed by atoms with van der Waals surface area (Å²) < 4.78 is 63.9. The van der Waals surface area contributed by atoms with Gasteiger partial charge in [0.1, 0.15) is 11.6 Å². The first kappa shape index (κ1) is 35.4. The van der Waals surface area contributed by atoms with E-state index in [1.165, 1.54) is 22.5 Å². The Morgan fingerprint density at radius 3 is 2.24 bits per heavy atom. The number of hydrogen-bond acceptors (Lipinski definition) is 7.